The van der Waals surface area contributed by atoms with Gasteiger partial charge in [-0.3, -0.25) is 0 Å². The predicted octanol–water partition coefficient (Wildman–Crippen LogP) is 3.31. The standard InChI is InChI=1S/C16H12FNO2/c1-2-15(12-4-3-5-13(17)10-12)18-14-8-6-11(7-9-14)16(19)20/h1,3-10,15,18H,(H,19,20). The molecule has 0 saturated heterocycles. The molecule has 2 N–H and O–H groups in total. The molecule has 0 spiro atoms. The molecule has 0 saturated carbocycles. The number of halogens is 1. The molecule has 20 heavy (non-hydrogen) atoms. The van der Waals surface area contributed by atoms with Crippen molar-refractivity contribution in [2.75, 3.05) is 5.32 Å². The van der Waals surface area contributed by atoms with Crippen molar-refractivity contribution in [1.82, 2.24) is 0 Å². The molecule has 1 atom stereocenters. The second-order valence-corrected chi connectivity index (χ2v) is 4.18. The average Bonchev–Trinajstić information content (AvgIpc) is 2.45. The minimum atomic E-state index is -0.991. The summed E-state index contributed by atoms with van der Waals surface area (Å²) in [6.45, 7) is 0. The molecular weight excluding hydrogens is 257 g/mol. The van der Waals surface area contributed by atoms with E-state index >= 15 is 0 Å². The van der Waals surface area contributed by atoms with Gasteiger partial charge in [-0.25, -0.2) is 9.18 Å². The summed E-state index contributed by atoms with van der Waals surface area (Å²) >= 11 is 0. The van der Waals surface area contributed by atoms with E-state index in [2.05, 4.69) is 11.2 Å². The van der Waals surface area contributed by atoms with Gasteiger partial charge in [-0.05, 0) is 42.0 Å². The van der Waals surface area contributed by atoms with E-state index in [1.807, 2.05) is 0 Å². The Hall–Kier alpha value is -2.80. The highest BCUT2D eigenvalue weighted by molar-refractivity contribution is 5.88. The van der Waals surface area contributed by atoms with Crippen molar-refractivity contribution in [3.8, 4) is 12.3 Å². The zero-order valence-electron chi connectivity index (χ0n) is 10.5. The van der Waals surface area contributed by atoms with Gasteiger partial charge in [-0.1, -0.05) is 18.1 Å². The summed E-state index contributed by atoms with van der Waals surface area (Å²) in [7, 11) is 0. The first-order chi connectivity index (χ1) is 9.60. The van der Waals surface area contributed by atoms with Gasteiger partial charge in [0.2, 0.25) is 0 Å². The molecule has 100 valence electrons. The number of hydrogen-bond donors (Lipinski definition) is 2. The fourth-order valence-electron chi connectivity index (χ4n) is 1.78. The zero-order valence-corrected chi connectivity index (χ0v) is 10.5. The number of terminal acetylenes is 1. The maximum atomic E-state index is 13.2. The number of rotatable bonds is 4. The first-order valence-electron chi connectivity index (χ1n) is 5.91. The second-order valence-electron chi connectivity index (χ2n) is 4.18. The molecule has 2 rings (SSSR count). The maximum absolute atomic E-state index is 13.2. The normalized spacial score (nSPS) is 11.4. The minimum Gasteiger partial charge on any atom is -0.478 e. The molecule has 0 amide bonds. The second kappa shape index (κ2) is 5.89. The fraction of sp³-hybridized carbons (Fsp3) is 0.0625. The smallest absolute Gasteiger partial charge is 0.335 e. The molecule has 1 unspecified atom stereocenters. The van der Waals surface area contributed by atoms with Gasteiger partial charge in [0.15, 0.2) is 0 Å². The molecule has 0 heterocycles. The van der Waals surface area contributed by atoms with Crippen LogP contribution in [0.4, 0.5) is 10.1 Å². The highest BCUT2D eigenvalue weighted by Crippen LogP contribution is 2.20. The van der Waals surface area contributed by atoms with Gasteiger partial charge >= 0.3 is 5.97 Å². The number of carboxylic acid groups (broad SMARTS) is 1. The molecule has 0 fully saturated rings. The SMILES string of the molecule is C#CC(Nc1ccc(C(=O)O)cc1)c1cccc(F)c1. The van der Waals surface area contributed by atoms with Crippen LogP contribution in [0.2, 0.25) is 0 Å². The van der Waals surface area contributed by atoms with E-state index in [0.717, 1.165) is 0 Å². The highest BCUT2D eigenvalue weighted by atomic mass is 19.1. The van der Waals surface area contributed by atoms with Crippen molar-refractivity contribution in [3.63, 3.8) is 0 Å². The third-order valence-corrected chi connectivity index (χ3v) is 2.79. The van der Waals surface area contributed by atoms with E-state index in [9.17, 15) is 9.18 Å². The lowest BCUT2D eigenvalue weighted by Crippen LogP contribution is -2.09. The molecule has 0 aliphatic carbocycles. The topological polar surface area (TPSA) is 49.3 Å². The number of carboxylic acids is 1. The van der Waals surface area contributed by atoms with Crippen LogP contribution in [-0.2, 0) is 0 Å². The maximum Gasteiger partial charge on any atom is 0.335 e. The van der Waals surface area contributed by atoms with Gasteiger partial charge in [0.25, 0.3) is 0 Å². The minimum absolute atomic E-state index is 0.193. The van der Waals surface area contributed by atoms with Crippen molar-refractivity contribution >= 4 is 11.7 Å². The Balaban J connectivity index is 2.18. The Kier molecular flexibility index (Phi) is 4.02. The van der Waals surface area contributed by atoms with Crippen molar-refractivity contribution in [3.05, 3.63) is 65.5 Å². The van der Waals surface area contributed by atoms with Crippen molar-refractivity contribution in [1.29, 1.82) is 0 Å². The van der Waals surface area contributed by atoms with E-state index < -0.39 is 12.0 Å². The van der Waals surface area contributed by atoms with Crippen molar-refractivity contribution in [2.24, 2.45) is 0 Å². The van der Waals surface area contributed by atoms with Crippen LogP contribution in [0.1, 0.15) is 22.0 Å². The van der Waals surface area contributed by atoms with E-state index in [0.29, 0.717) is 11.3 Å². The van der Waals surface area contributed by atoms with E-state index in [4.69, 9.17) is 11.5 Å². The average molecular weight is 269 g/mol. The predicted molar refractivity (Wildman–Crippen MR) is 75.0 cm³/mol. The number of anilines is 1. The number of carbonyl (C=O) groups is 1. The van der Waals surface area contributed by atoms with Gasteiger partial charge in [-0.15, -0.1) is 6.42 Å². The molecule has 0 aliphatic rings. The van der Waals surface area contributed by atoms with Crippen LogP contribution in [0.15, 0.2) is 48.5 Å². The van der Waals surface area contributed by atoms with Crippen LogP contribution in [0, 0.1) is 18.2 Å². The summed E-state index contributed by atoms with van der Waals surface area (Å²) in [6.07, 6.45) is 5.45. The van der Waals surface area contributed by atoms with Crippen LogP contribution in [0.3, 0.4) is 0 Å². The monoisotopic (exact) mass is 269 g/mol. The van der Waals surface area contributed by atoms with Crippen LogP contribution < -0.4 is 5.32 Å². The summed E-state index contributed by atoms with van der Waals surface area (Å²) < 4.78 is 13.2. The van der Waals surface area contributed by atoms with Gasteiger partial charge in [0, 0.05) is 5.69 Å². The lowest BCUT2D eigenvalue weighted by molar-refractivity contribution is 0.0697. The number of nitrogens with one attached hydrogen (secondary N) is 1. The number of aromatic carboxylic acids is 1. The third-order valence-electron chi connectivity index (χ3n) is 2.79. The quantitative estimate of drug-likeness (QED) is 0.837. The largest absolute Gasteiger partial charge is 0.478 e. The van der Waals surface area contributed by atoms with Gasteiger partial charge in [0.05, 0.1) is 5.56 Å². The molecule has 4 heteroatoms. The molecule has 0 aromatic heterocycles. The van der Waals surface area contributed by atoms with Gasteiger partial charge < -0.3 is 10.4 Å². The summed E-state index contributed by atoms with van der Waals surface area (Å²) in [5.74, 6) is 1.19. The molecule has 3 nitrogen and oxygen atoms in total. The summed E-state index contributed by atoms with van der Waals surface area (Å²) in [5, 5.41) is 11.9. The van der Waals surface area contributed by atoms with Crippen LogP contribution in [0.25, 0.3) is 0 Å². The molecular formula is C16H12FNO2. The van der Waals surface area contributed by atoms with E-state index in [1.54, 1.807) is 24.3 Å². The molecule has 2 aromatic rings. The Labute approximate surface area is 116 Å². The van der Waals surface area contributed by atoms with Crippen LogP contribution in [-0.4, -0.2) is 11.1 Å². The van der Waals surface area contributed by atoms with Crippen molar-refractivity contribution < 1.29 is 14.3 Å². The lowest BCUT2D eigenvalue weighted by atomic mass is 10.1. The first-order valence-corrected chi connectivity index (χ1v) is 5.91. The molecule has 0 aliphatic heterocycles. The number of hydrogen-bond acceptors (Lipinski definition) is 2. The summed E-state index contributed by atoms with van der Waals surface area (Å²) in [4.78, 5) is 10.8. The Bertz CT molecular complexity index is 659. The lowest BCUT2D eigenvalue weighted by Gasteiger charge is -2.15. The zero-order chi connectivity index (χ0) is 14.5. The molecule has 0 bridgehead atoms. The fourth-order valence-corrected chi connectivity index (χ4v) is 1.78. The summed E-state index contributed by atoms with van der Waals surface area (Å²) in [5.41, 5.74) is 1.50. The van der Waals surface area contributed by atoms with Crippen molar-refractivity contribution in [2.45, 2.75) is 6.04 Å². The van der Waals surface area contributed by atoms with Crippen LogP contribution >= 0.6 is 0 Å². The van der Waals surface area contributed by atoms with Gasteiger partial charge in [0.1, 0.15) is 11.9 Å². The molecule has 0 radical (unpaired) electrons. The highest BCUT2D eigenvalue weighted by Gasteiger charge is 2.09. The Morgan fingerprint density at radius 1 is 1.25 bits per heavy atom. The molecule has 2 aromatic carbocycles. The third kappa shape index (κ3) is 3.15. The Morgan fingerprint density at radius 3 is 2.50 bits per heavy atom. The summed E-state index contributed by atoms with van der Waals surface area (Å²) in [6, 6.07) is 11.7. The first kappa shape index (κ1) is 13.6. The van der Waals surface area contributed by atoms with Gasteiger partial charge in [-0.2, -0.15) is 0 Å². The van der Waals surface area contributed by atoms with Crippen LogP contribution in [0.5, 0.6) is 0 Å². The number of benzene rings is 2. The van der Waals surface area contributed by atoms with E-state index in [-0.39, 0.29) is 11.4 Å². The van der Waals surface area contributed by atoms with E-state index in [1.165, 1.54) is 24.3 Å². The Morgan fingerprint density at radius 2 is 1.95 bits per heavy atom.